The molecule has 2 atom stereocenters. The molecule has 1 N–H and O–H groups in total. The Bertz CT molecular complexity index is 532. The van der Waals surface area contributed by atoms with E-state index in [-0.39, 0.29) is 16.2 Å². The van der Waals surface area contributed by atoms with Crippen molar-refractivity contribution in [2.75, 3.05) is 25.1 Å². The Labute approximate surface area is 124 Å². The molecule has 1 aliphatic rings. The summed E-state index contributed by atoms with van der Waals surface area (Å²) in [6.07, 6.45) is 1.16. The highest BCUT2D eigenvalue weighted by molar-refractivity contribution is 5.65. The molecule has 2 unspecified atom stereocenters. The lowest BCUT2D eigenvalue weighted by Gasteiger charge is -2.40. The maximum Gasteiger partial charge on any atom is 0.292 e. The lowest BCUT2D eigenvalue weighted by Crippen LogP contribution is -2.47. The van der Waals surface area contributed by atoms with Gasteiger partial charge in [-0.05, 0) is 38.3 Å². The third kappa shape index (κ3) is 3.33. The number of aliphatic hydroxyl groups is 1. The molecule has 1 fully saturated rings. The Kier molecular flexibility index (Phi) is 4.49. The van der Waals surface area contributed by atoms with Crippen molar-refractivity contribution in [2.24, 2.45) is 0 Å². The van der Waals surface area contributed by atoms with E-state index in [1.807, 2.05) is 11.8 Å². The molecule has 0 saturated carbocycles. The van der Waals surface area contributed by atoms with E-state index in [0.29, 0.717) is 17.8 Å². The third-order valence-electron chi connectivity index (χ3n) is 4.17. The summed E-state index contributed by atoms with van der Waals surface area (Å²) >= 11 is 0. The van der Waals surface area contributed by atoms with E-state index < -0.39 is 6.10 Å². The number of rotatable bonds is 4. The highest BCUT2D eigenvalue weighted by Crippen LogP contribution is 2.35. The Morgan fingerprint density at radius 2 is 2.24 bits per heavy atom. The summed E-state index contributed by atoms with van der Waals surface area (Å²) in [7, 11) is 1.68. The summed E-state index contributed by atoms with van der Waals surface area (Å²) in [5.74, 6) is 0. The Morgan fingerprint density at radius 1 is 1.52 bits per heavy atom. The number of nitrogens with zero attached hydrogens (tertiary/aromatic N) is 2. The number of piperidine rings is 1. The van der Waals surface area contributed by atoms with Crippen molar-refractivity contribution in [3.63, 3.8) is 0 Å². The molecule has 0 aromatic heterocycles. The summed E-state index contributed by atoms with van der Waals surface area (Å²) in [5, 5.41) is 20.9. The van der Waals surface area contributed by atoms with Crippen LogP contribution in [0, 0.1) is 10.1 Å². The zero-order valence-electron chi connectivity index (χ0n) is 12.7. The van der Waals surface area contributed by atoms with E-state index in [1.54, 1.807) is 26.2 Å². The van der Waals surface area contributed by atoms with Crippen LogP contribution in [0.4, 0.5) is 11.4 Å². The van der Waals surface area contributed by atoms with Crippen LogP contribution in [0.5, 0.6) is 0 Å². The molecule has 2 rings (SSSR count). The number of nitro benzene ring substituents is 1. The predicted octanol–water partition coefficient (Wildman–Crippen LogP) is 2.65. The summed E-state index contributed by atoms with van der Waals surface area (Å²) in [6.45, 7) is 5.02. The van der Waals surface area contributed by atoms with Crippen molar-refractivity contribution in [3.8, 4) is 0 Å². The highest BCUT2D eigenvalue weighted by Gasteiger charge is 2.33. The Balaban J connectivity index is 2.36. The predicted molar refractivity (Wildman–Crippen MR) is 80.6 cm³/mol. The molecule has 1 aliphatic heterocycles. The molecular formula is C15H22N2O4. The fourth-order valence-electron chi connectivity index (χ4n) is 2.79. The molecule has 0 spiro atoms. The van der Waals surface area contributed by atoms with Gasteiger partial charge in [-0.25, -0.2) is 0 Å². The smallest absolute Gasteiger partial charge is 0.292 e. The van der Waals surface area contributed by atoms with Gasteiger partial charge in [0, 0.05) is 26.3 Å². The number of hydrogen-bond acceptors (Lipinski definition) is 5. The SMILES string of the molecule is COC1(C)CCCN(c2ccc(C(C)O)cc2[N+](=O)[O-])C1. The second-order valence-corrected chi connectivity index (χ2v) is 5.86. The highest BCUT2D eigenvalue weighted by atomic mass is 16.6. The molecule has 1 saturated heterocycles. The number of hydrogen-bond donors (Lipinski definition) is 1. The number of nitro groups is 1. The lowest BCUT2D eigenvalue weighted by molar-refractivity contribution is -0.384. The van der Waals surface area contributed by atoms with Crippen molar-refractivity contribution in [3.05, 3.63) is 33.9 Å². The largest absolute Gasteiger partial charge is 0.389 e. The Morgan fingerprint density at radius 3 is 2.81 bits per heavy atom. The standard InChI is InChI=1S/C15H22N2O4/c1-11(18)12-5-6-13(14(9-12)17(19)20)16-8-4-7-15(2,10-16)21-3/h5-6,9,11,18H,4,7-8,10H2,1-3H3. The average Bonchev–Trinajstić information content (AvgIpc) is 2.46. The maximum absolute atomic E-state index is 11.3. The van der Waals surface area contributed by atoms with Gasteiger partial charge < -0.3 is 14.7 Å². The molecule has 21 heavy (non-hydrogen) atoms. The van der Waals surface area contributed by atoms with E-state index in [9.17, 15) is 15.2 Å². The van der Waals surface area contributed by atoms with Crippen molar-refractivity contribution >= 4 is 11.4 Å². The lowest BCUT2D eigenvalue weighted by atomic mass is 9.94. The van der Waals surface area contributed by atoms with Crippen LogP contribution in [-0.4, -0.2) is 35.8 Å². The molecule has 6 heteroatoms. The normalized spacial score (nSPS) is 23.9. The topological polar surface area (TPSA) is 75.8 Å². The fourth-order valence-corrected chi connectivity index (χ4v) is 2.79. The van der Waals surface area contributed by atoms with Gasteiger partial charge in [-0.1, -0.05) is 6.07 Å². The molecule has 0 radical (unpaired) electrons. The maximum atomic E-state index is 11.3. The van der Waals surface area contributed by atoms with E-state index >= 15 is 0 Å². The second-order valence-electron chi connectivity index (χ2n) is 5.86. The minimum atomic E-state index is -0.719. The molecule has 116 valence electrons. The van der Waals surface area contributed by atoms with Crippen molar-refractivity contribution < 1.29 is 14.8 Å². The zero-order chi connectivity index (χ0) is 15.6. The van der Waals surface area contributed by atoms with E-state index in [0.717, 1.165) is 19.4 Å². The summed E-state index contributed by atoms with van der Waals surface area (Å²) in [5.41, 5.74) is 0.896. The van der Waals surface area contributed by atoms with Gasteiger partial charge in [0.1, 0.15) is 5.69 Å². The third-order valence-corrected chi connectivity index (χ3v) is 4.17. The van der Waals surface area contributed by atoms with Gasteiger partial charge in [-0.3, -0.25) is 10.1 Å². The first kappa shape index (κ1) is 15.7. The molecule has 1 aromatic carbocycles. The van der Waals surface area contributed by atoms with Crippen LogP contribution in [0.25, 0.3) is 0 Å². The Hall–Kier alpha value is -1.66. The monoisotopic (exact) mass is 294 g/mol. The van der Waals surface area contributed by atoms with E-state index in [1.165, 1.54) is 6.07 Å². The molecular weight excluding hydrogens is 272 g/mol. The van der Waals surface area contributed by atoms with Crippen molar-refractivity contribution in [1.82, 2.24) is 0 Å². The average molecular weight is 294 g/mol. The van der Waals surface area contributed by atoms with Crippen LogP contribution in [0.2, 0.25) is 0 Å². The quantitative estimate of drug-likeness (QED) is 0.682. The fraction of sp³-hybridized carbons (Fsp3) is 0.600. The molecule has 1 aromatic rings. The number of anilines is 1. The molecule has 1 heterocycles. The minimum Gasteiger partial charge on any atom is -0.389 e. The van der Waals surface area contributed by atoms with Crippen LogP contribution in [0.3, 0.4) is 0 Å². The number of benzene rings is 1. The van der Waals surface area contributed by atoms with Gasteiger partial charge in [-0.2, -0.15) is 0 Å². The molecule has 6 nitrogen and oxygen atoms in total. The van der Waals surface area contributed by atoms with Crippen LogP contribution < -0.4 is 4.90 Å². The number of methoxy groups -OCH3 is 1. The first-order valence-corrected chi connectivity index (χ1v) is 7.13. The zero-order valence-corrected chi connectivity index (χ0v) is 12.7. The van der Waals surface area contributed by atoms with E-state index in [4.69, 9.17) is 4.74 Å². The van der Waals surface area contributed by atoms with Crippen LogP contribution in [0.1, 0.15) is 38.4 Å². The van der Waals surface area contributed by atoms with E-state index in [2.05, 4.69) is 0 Å². The number of ether oxygens (including phenoxy) is 1. The summed E-state index contributed by atoms with van der Waals surface area (Å²) in [4.78, 5) is 12.9. The summed E-state index contributed by atoms with van der Waals surface area (Å²) < 4.78 is 5.54. The molecule has 0 aliphatic carbocycles. The first-order valence-electron chi connectivity index (χ1n) is 7.13. The number of aliphatic hydroxyl groups excluding tert-OH is 1. The van der Waals surface area contributed by atoms with Gasteiger partial charge in [-0.15, -0.1) is 0 Å². The second kappa shape index (κ2) is 5.99. The van der Waals surface area contributed by atoms with Gasteiger partial charge in [0.25, 0.3) is 5.69 Å². The molecule has 0 amide bonds. The van der Waals surface area contributed by atoms with Gasteiger partial charge >= 0.3 is 0 Å². The van der Waals surface area contributed by atoms with Gasteiger partial charge in [0.15, 0.2) is 0 Å². The van der Waals surface area contributed by atoms with Gasteiger partial charge in [0.2, 0.25) is 0 Å². The van der Waals surface area contributed by atoms with Crippen LogP contribution >= 0.6 is 0 Å². The summed E-state index contributed by atoms with van der Waals surface area (Å²) in [6, 6.07) is 4.92. The van der Waals surface area contributed by atoms with Gasteiger partial charge in [0.05, 0.1) is 16.6 Å². The molecule has 0 bridgehead atoms. The van der Waals surface area contributed by atoms with Crippen LogP contribution in [0.15, 0.2) is 18.2 Å². The van der Waals surface area contributed by atoms with Crippen LogP contribution in [-0.2, 0) is 4.74 Å². The van der Waals surface area contributed by atoms with Crippen molar-refractivity contribution in [2.45, 2.75) is 38.4 Å². The minimum absolute atomic E-state index is 0.0359. The first-order chi connectivity index (χ1) is 9.86. The van der Waals surface area contributed by atoms with Crippen molar-refractivity contribution in [1.29, 1.82) is 0 Å².